The SMILES string of the molecule is C/C=C(\C)c1ccc(CC(CCN)NC(=O)c2ccc(OC(C)C)c(C#N)c2)cc1. The smallest absolute Gasteiger partial charge is 0.251 e. The zero-order chi connectivity index (χ0) is 22.1. The first kappa shape index (κ1) is 23.2. The lowest BCUT2D eigenvalue weighted by Crippen LogP contribution is -2.38. The third kappa shape index (κ3) is 6.47. The summed E-state index contributed by atoms with van der Waals surface area (Å²) in [4.78, 5) is 12.8. The molecule has 0 aromatic heterocycles. The first-order valence-electron chi connectivity index (χ1n) is 10.3. The van der Waals surface area contributed by atoms with Crippen molar-refractivity contribution in [1.82, 2.24) is 5.32 Å². The summed E-state index contributed by atoms with van der Waals surface area (Å²) in [6, 6.07) is 15.3. The summed E-state index contributed by atoms with van der Waals surface area (Å²) in [5.74, 6) is 0.265. The molecule has 2 aromatic carbocycles. The number of hydrogen-bond acceptors (Lipinski definition) is 4. The monoisotopic (exact) mass is 405 g/mol. The fraction of sp³-hybridized carbons (Fsp3) is 0.360. The number of ether oxygens (including phenoxy) is 1. The van der Waals surface area contributed by atoms with Crippen molar-refractivity contribution in [3.8, 4) is 11.8 Å². The summed E-state index contributed by atoms with van der Waals surface area (Å²) in [5, 5.41) is 12.5. The average Bonchev–Trinajstić information content (AvgIpc) is 2.73. The molecule has 3 N–H and O–H groups in total. The minimum Gasteiger partial charge on any atom is -0.490 e. The molecule has 0 saturated carbocycles. The maximum Gasteiger partial charge on any atom is 0.251 e. The van der Waals surface area contributed by atoms with E-state index < -0.39 is 0 Å². The van der Waals surface area contributed by atoms with Crippen molar-refractivity contribution in [3.05, 3.63) is 70.8 Å². The number of carbonyl (C=O) groups excluding carboxylic acids is 1. The van der Waals surface area contributed by atoms with Gasteiger partial charge in [-0.05, 0) is 82.0 Å². The van der Waals surface area contributed by atoms with Crippen LogP contribution < -0.4 is 15.8 Å². The maximum absolute atomic E-state index is 12.8. The molecule has 158 valence electrons. The highest BCUT2D eigenvalue weighted by molar-refractivity contribution is 5.95. The van der Waals surface area contributed by atoms with Crippen molar-refractivity contribution in [2.75, 3.05) is 6.54 Å². The number of nitrogens with two attached hydrogens (primary N) is 1. The van der Waals surface area contributed by atoms with Gasteiger partial charge in [0.1, 0.15) is 11.8 Å². The Balaban J connectivity index is 2.12. The minimum atomic E-state index is -0.220. The van der Waals surface area contributed by atoms with Crippen molar-refractivity contribution in [2.24, 2.45) is 5.73 Å². The van der Waals surface area contributed by atoms with Crippen LogP contribution in [0.5, 0.6) is 5.75 Å². The molecule has 0 radical (unpaired) electrons. The summed E-state index contributed by atoms with van der Waals surface area (Å²) in [7, 11) is 0. The van der Waals surface area contributed by atoms with Crippen LogP contribution in [0.1, 0.15) is 61.2 Å². The molecule has 0 aliphatic carbocycles. The zero-order valence-corrected chi connectivity index (χ0v) is 18.2. The lowest BCUT2D eigenvalue weighted by Gasteiger charge is -2.19. The molecule has 0 aliphatic rings. The molecule has 0 fully saturated rings. The van der Waals surface area contributed by atoms with E-state index in [1.807, 2.05) is 20.8 Å². The van der Waals surface area contributed by atoms with Gasteiger partial charge in [-0.25, -0.2) is 0 Å². The molecule has 1 atom stereocenters. The first-order valence-corrected chi connectivity index (χ1v) is 10.3. The second kappa shape index (κ2) is 11.2. The van der Waals surface area contributed by atoms with Crippen LogP contribution >= 0.6 is 0 Å². The first-order chi connectivity index (χ1) is 14.4. The molecular weight excluding hydrogens is 374 g/mol. The topological polar surface area (TPSA) is 88.1 Å². The molecule has 30 heavy (non-hydrogen) atoms. The van der Waals surface area contributed by atoms with Gasteiger partial charge in [-0.1, -0.05) is 30.3 Å². The highest BCUT2D eigenvalue weighted by Crippen LogP contribution is 2.21. The molecule has 1 unspecified atom stereocenters. The van der Waals surface area contributed by atoms with E-state index in [-0.39, 0.29) is 18.1 Å². The van der Waals surface area contributed by atoms with Crippen LogP contribution in [0.25, 0.3) is 5.57 Å². The van der Waals surface area contributed by atoms with Gasteiger partial charge in [0, 0.05) is 11.6 Å². The molecule has 0 spiro atoms. The van der Waals surface area contributed by atoms with Gasteiger partial charge < -0.3 is 15.8 Å². The predicted octanol–water partition coefficient (Wildman–Crippen LogP) is 4.46. The summed E-state index contributed by atoms with van der Waals surface area (Å²) in [6.45, 7) is 8.37. The summed E-state index contributed by atoms with van der Waals surface area (Å²) in [5.41, 5.74) is 10.1. The van der Waals surface area contributed by atoms with Crippen LogP contribution in [0, 0.1) is 11.3 Å². The molecule has 0 heterocycles. The van der Waals surface area contributed by atoms with Crippen molar-refractivity contribution in [3.63, 3.8) is 0 Å². The minimum absolute atomic E-state index is 0.0475. The molecule has 2 aromatic rings. The number of allylic oxidation sites excluding steroid dienone is 2. The molecule has 5 nitrogen and oxygen atoms in total. The van der Waals surface area contributed by atoms with Crippen LogP contribution in [-0.2, 0) is 6.42 Å². The second-order valence-corrected chi connectivity index (χ2v) is 7.61. The average molecular weight is 406 g/mol. The number of rotatable bonds is 9. The van der Waals surface area contributed by atoms with Crippen LogP contribution in [0.4, 0.5) is 0 Å². The van der Waals surface area contributed by atoms with Gasteiger partial charge in [-0.15, -0.1) is 0 Å². The van der Waals surface area contributed by atoms with Crippen LogP contribution in [0.2, 0.25) is 0 Å². The zero-order valence-electron chi connectivity index (χ0n) is 18.2. The summed E-state index contributed by atoms with van der Waals surface area (Å²) < 4.78 is 5.63. The standard InChI is InChI=1S/C25H31N3O2/c1-5-18(4)20-8-6-19(7-9-20)14-23(12-13-26)28-25(29)21-10-11-24(30-17(2)3)22(15-21)16-27/h5-11,15,17,23H,12-14,26H2,1-4H3,(H,28,29)/b18-5+. The molecule has 0 aliphatic heterocycles. The van der Waals surface area contributed by atoms with Crippen molar-refractivity contribution in [2.45, 2.75) is 52.7 Å². The number of hydrogen-bond donors (Lipinski definition) is 2. The maximum atomic E-state index is 12.8. The molecule has 0 saturated heterocycles. The number of nitrogens with zero attached hydrogens (tertiary/aromatic N) is 1. The van der Waals surface area contributed by atoms with Gasteiger partial charge in [0.2, 0.25) is 0 Å². The van der Waals surface area contributed by atoms with Gasteiger partial charge in [0.25, 0.3) is 5.91 Å². The molecule has 1 amide bonds. The van der Waals surface area contributed by atoms with Crippen molar-refractivity contribution < 1.29 is 9.53 Å². The van der Waals surface area contributed by atoms with E-state index >= 15 is 0 Å². The van der Waals surface area contributed by atoms with Crippen LogP contribution in [-0.4, -0.2) is 24.6 Å². The van der Waals surface area contributed by atoms with Gasteiger partial charge in [0.15, 0.2) is 0 Å². The Labute approximate surface area is 179 Å². The number of carbonyl (C=O) groups is 1. The largest absolute Gasteiger partial charge is 0.490 e. The highest BCUT2D eigenvalue weighted by Gasteiger charge is 2.16. The Morgan fingerprint density at radius 1 is 1.20 bits per heavy atom. The van der Waals surface area contributed by atoms with E-state index in [1.165, 1.54) is 11.1 Å². The highest BCUT2D eigenvalue weighted by atomic mass is 16.5. The normalized spacial score (nSPS) is 12.4. The molecule has 5 heteroatoms. The van der Waals surface area contributed by atoms with E-state index in [0.717, 1.165) is 5.56 Å². The fourth-order valence-corrected chi connectivity index (χ4v) is 3.17. The number of amides is 1. The Bertz CT molecular complexity index is 924. The fourth-order valence-electron chi connectivity index (χ4n) is 3.17. The van der Waals surface area contributed by atoms with Gasteiger partial charge in [-0.3, -0.25) is 4.79 Å². The third-order valence-corrected chi connectivity index (χ3v) is 4.90. The second-order valence-electron chi connectivity index (χ2n) is 7.61. The lowest BCUT2D eigenvalue weighted by molar-refractivity contribution is 0.0935. The summed E-state index contributed by atoms with van der Waals surface area (Å²) in [6.07, 6.45) is 3.40. The van der Waals surface area contributed by atoms with E-state index in [1.54, 1.807) is 18.2 Å². The number of nitriles is 1. The Morgan fingerprint density at radius 2 is 1.87 bits per heavy atom. The Hall–Kier alpha value is -3.10. The van der Waals surface area contributed by atoms with Crippen LogP contribution in [0.15, 0.2) is 48.5 Å². The van der Waals surface area contributed by atoms with E-state index in [0.29, 0.717) is 36.3 Å². The number of benzene rings is 2. The Morgan fingerprint density at radius 3 is 2.43 bits per heavy atom. The van der Waals surface area contributed by atoms with Crippen molar-refractivity contribution >= 4 is 11.5 Å². The number of nitrogens with one attached hydrogen (secondary N) is 1. The van der Waals surface area contributed by atoms with Gasteiger partial charge in [-0.2, -0.15) is 5.26 Å². The molecule has 0 bridgehead atoms. The van der Waals surface area contributed by atoms with E-state index in [9.17, 15) is 10.1 Å². The van der Waals surface area contributed by atoms with Gasteiger partial charge >= 0.3 is 0 Å². The predicted molar refractivity (Wildman–Crippen MR) is 121 cm³/mol. The quantitative estimate of drug-likeness (QED) is 0.645. The Kier molecular flexibility index (Phi) is 8.64. The van der Waals surface area contributed by atoms with Gasteiger partial charge in [0.05, 0.1) is 11.7 Å². The molecular formula is C25H31N3O2. The lowest BCUT2D eigenvalue weighted by atomic mass is 9.99. The molecule has 2 rings (SSSR count). The third-order valence-electron chi connectivity index (χ3n) is 4.90. The van der Waals surface area contributed by atoms with E-state index in [2.05, 4.69) is 48.7 Å². The summed E-state index contributed by atoms with van der Waals surface area (Å²) >= 11 is 0. The van der Waals surface area contributed by atoms with Crippen LogP contribution in [0.3, 0.4) is 0 Å². The van der Waals surface area contributed by atoms with Crippen molar-refractivity contribution in [1.29, 1.82) is 5.26 Å². The van der Waals surface area contributed by atoms with E-state index in [4.69, 9.17) is 10.5 Å².